The van der Waals surface area contributed by atoms with E-state index in [0.29, 0.717) is 11.3 Å². The average molecular weight is 577 g/mol. The second-order valence-corrected chi connectivity index (χ2v) is 11.1. The maximum Gasteiger partial charge on any atom is 0.613 e. The second kappa shape index (κ2) is 11.9. The highest BCUT2D eigenvalue weighted by atomic mass is 35.5. The molecular weight excluding hydrogens is 544 g/mol. The van der Waals surface area contributed by atoms with Crippen LogP contribution in [0.4, 0.5) is 16.2 Å². The number of nitrogens with one attached hydrogen (secondary N) is 2. The molecule has 1 saturated carbocycles. The number of ether oxygens (including phenoxy) is 2. The number of imidazole rings is 1. The summed E-state index contributed by atoms with van der Waals surface area (Å²) in [5.41, 5.74) is 4.78. The van der Waals surface area contributed by atoms with E-state index in [1.807, 2.05) is 0 Å². The summed E-state index contributed by atoms with van der Waals surface area (Å²) in [6.07, 6.45) is 0.116. The molecule has 0 amide bonds. The molecule has 2 fully saturated rings. The number of esters is 1. The van der Waals surface area contributed by atoms with Crippen LogP contribution in [0.5, 0.6) is 0 Å². The minimum absolute atomic E-state index is 0.0335. The Kier molecular flexibility index (Phi) is 9.00. The summed E-state index contributed by atoms with van der Waals surface area (Å²) in [5, 5.41) is 16.6. The van der Waals surface area contributed by atoms with Gasteiger partial charge in [0.1, 0.15) is 24.4 Å². The molecule has 1 unspecified atom stereocenters. The van der Waals surface area contributed by atoms with Gasteiger partial charge in [-0.15, -0.1) is 16.1 Å². The Morgan fingerprint density at radius 2 is 2.11 bits per heavy atom. The average Bonchev–Trinajstić information content (AvgIpc) is 3.58. The maximum absolute atomic E-state index is 15.5. The summed E-state index contributed by atoms with van der Waals surface area (Å²) in [4.78, 5) is 24.8. The number of aliphatic hydroxyl groups is 1. The Balaban J connectivity index is 1.49. The monoisotopic (exact) mass is 576 g/mol. The molecule has 1 aliphatic carbocycles. The fourth-order valence-electron chi connectivity index (χ4n) is 4.53. The van der Waals surface area contributed by atoms with E-state index >= 15 is 4.39 Å². The summed E-state index contributed by atoms with van der Waals surface area (Å²) in [5.74, 6) is -0.589. The number of nitrogens with two attached hydrogens (primary N) is 1. The van der Waals surface area contributed by atoms with Crippen LogP contribution in [0.2, 0.25) is 0 Å². The minimum atomic E-state index is -2.61. The molecule has 0 aromatic carbocycles. The van der Waals surface area contributed by atoms with Crippen LogP contribution in [0.25, 0.3) is 11.2 Å². The minimum Gasteiger partial charge on any atom is -0.462 e. The SMILES string of the molecule is CC(C)OC(=O)[C@H](C)N[P+](=O)OC[C@@]1(CCl)O[C@@H](n2cnc3c(NC4CCCC4)nc(N)nc32)[C@@H](F)[C@@H]1O. The van der Waals surface area contributed by atoms with Crippen molar-refractivity contribution in [3.05, 3.63) is 6.33 Å². The van der Waals surface area contributed by atoms with E-state index in [1.54, 1.807) is 13.8 Å². The predicted octanol–water partition coefficient (Wildman–Crippen LogP) is 2.57. The molecule has 38 heavy (non-hydrogen) atoms. The van der Waals surface area contributed by atoms with E-state index in [1.165, 1.54) is 17.8 Å². The van der Waals surface area contributed by atoms with Gasteiger partial charge >= 0.3 is 14.1 Å². The van der Waals surface area contributed by atoms with Crippen molar-refractivity contribution in [2.45, 2.75) is 88.7 Å². The van der Waals surface area contributed by atoms with Gasteiger partial charge in [0.25, 0.3) is 0 Å². The lowest BCUT2D eigenvalue weighted by Crippen LogP contribution is -2.47. The largest absolute Gasteiger partial charge is 0.613 e. The quantitative estimate of drug-likeness (QED) is 0.175. The van der Waals surface area contributed by atoms with Crippen molar-refractivity contribution in [2.75, 3.05) is 23.5 Å². The molecule has 16 heteroatoms. The van der Waals surface area contributed by atoms with Gasteiger partial charge in [-0.3, -0.25) is 9.36 Å². The van der Waals surface area contributed by atoms with E-state index in [2.05, 4.69) is 25.4 Å². The fourth-order valence-corrected chi connectivity index (χ4v) is 5.66. The Bertz CT molecular complexity index is 1170. The number of alkyl halides is 2. The van der Waals surface area contributed by atoms with Crippen molar-refractivity contribution >= 4 is 48.7 Å². The smallest absolute Gasteiger partial charge is 0.462 e. The zero-order valence-corrected chi connectivity index (χ0v) is 23.0. The zero-order valence-electron chi connectivity index (χ0n) is 21.3. The molecule has 4 rings (SSSR count). The number of hydrogen-bond donors (Lipinski definition) is 4. The molecule has 1 saturated heterocycles. The number of carbonyl (C=O) groups is 1. The number of carbonyl (C=O) groups excluding carboxylic acids is 1. The van der Waals surface area contributed by atoms with Gasteiger partial charge in [-0.1, -0.05) is 17.9 Å². The molecule has 2 aromatic heterocycles. The summed E-state index contributed by atoms with van der Waals surface area (Å²) in [7, 11) is -2.61. The highest BCUT2D eigenvalue weighted by molar-refractivity contribution is 7.36. The number of hydrogen-bond acceptors (Lipinski definition) is 11. The molecule has 6 atom stereocenters. The third-order valence-corrected chi connectivity index (χ3v) is 7.95. The first kappa shape index (κ1) is 28.8. The number of halogens is 2. The molecule has 0 bridgehead atoms. The van der Waals surface area contributed by atoms with Gasteiger partial charge in [0, 0.05) is 6.04 Å². The molecule has 2 aliphatic rings. The van der Waals surface area contributed by atoms with Crippen molar-refractivity contribution < 1.29 is 32.9 Å². The van der Waals surface area contributed by atoms with Crippen molar-refractivity contribution in [2.24, 2.45) is 0 Å². The fraction of sp³-hybridized carbons (Fsp3) is 0.727. The van der Waals surface area contributed by atoms with Crippen LogP contribution in [0, 0.1) is 0 Å². The first-order valence-electron chi connectivity index (χ1n) is 12.4. The number of nitrogens with zero attached hydrogens (tertiary/aromatic N) is 4. The third-order valence-electron chi connectivity index (χ3n) is 6.53. The molecule has 1 aliphatic heterocycles. The van der Waals surface area contributed by atoms with E-state index in [-0.39, 0.29) is 29.6 Å². The van der Waals surface area contributed by atoms with Crippen molar-refractivity contribution in [1.29, 1.82) is 0 Å². The molecule has 5 N–H and O–H groups in total. The van der Waals surface area contributed by atoms with Gasteiger partial charge in [-0.2, -0.15) is 9.97 Å². The second-order valence-electron chi connectivity index (χ2n) is 9.84. The highest BCUT2D eigenvalue weighted by Crippen LogP contribution is 2.42. The number of nitrogen functional groups attached to an aromatic ring is 1. The molecule has 13 nitrogen and oxygen atoms in total. The van der Waals surface area contributed by atoms with Crippen LogP contribution in [0.3, 0.4) is 0 Å². The summed E-state index contributed by atoms with van der Waals surface area (Å²) in [6.45, 7) is 4.30. The van der Waals surface area contributed by atoms with Crippen LogP contribution in [0.1, 0.15) is 52.7 Å². The topological polar surface area (TPSA) is 176 Å². The van der Waals surface area contributed by atoms with Crippen LogP contribution in [0.15, 0.2) is 6.33 Å². The molecule has 210 valence electrons. The molecule has 0 radical (unpaired) electrons. The van der Waals surface area contributed by atoms with Gasteiger partial charge < -0.3 is 25.6 Å². The lowest BCUT2D eigenvalue weighted by molar-refractivity contribution is -0.149. The van der Waals surface area contributed by atoms with Crippen LogP contribution >= 0.6 is 19.8 Å². The number of aromatic nitrogens is 4. The van der Waals surface area contributed by atoms with Crippen LogP contribution in [-0.2, 0) is 23.4 Å². The molecule has 3 heterocycles. The maximum atomic E-state index is 15.5. The lowest BCUT2D eigenvalue weighted by Gasteiger charge is -2.26. The number of fused-ring (bicyclic) bond motifs is 1. The number of aliphatic hydroxyl groups excluding tert-OH is 1. The molecular formula is C22H33ClFN7O6P+. The summed E-state index contributed by atoms with van der Waals surface area (Å²) in [6, 6.07) is -0.707. The van der Waals surface area contributed by atoms with Crippen molar-refractivity contribution in [1.82, 2.24) is 24.6 Å². The van der Waals surface area contributed by atoms with E-state index in [9.17, 15) is 14.5 Å². The summed E-state index contributed by atoms with van der Waals surface area (Å²) >= 11 is 6.11. The van der Waals surface area contributed by atoms with Gasteiger partial charge in [0.05, 0.1) is 18.3 Å². The van der Waals surface area contributed by atoms with Crippen molar-refractivity contribution in [3.8, 4) is 0 Å². The highest BCUT2D eigenvalue weighted by Gasteiger charge is 2.57. The van der Waals surface area contributed by atoms with E-state index < -0.39 is 50.9 Å². The normalized spacial score (nSPS) is 27.2. The molecule has 0 spiro atoms. The predicted molar refractivity (Wildman–Crippen MR) is 137 cm³/mol. The Labute approximate surface area is 224 Å². The Morgan fingerprint density at radius 3 is 2.76 bits per heavy atom. The first-order valence-corrected chi connectivity index (χ1v) is 14.1. The van der Waals surface area contributed by atoms with Gasteiger partial charge in [0.2, 0.25) is 5.95 Å². The van der Waals surface area contributed by atoms with Gasteiger partial charge in [0.15, 0.2) is 29.4 Å². The molecule has 2 aromatic rings. The lowest BCUT2D eigenvalue weighted by atomic mass is 9.99. The summed E-state index contributed by atoms with van der Waals surface area (Å²) < 4.78 is 45.5. The van der Waals surface area contributed by atoms with Crippen LogP contribution < -0.4 is 16.1 Å². The van der Waals surface area contributed by atoms with Gasteiger partial charge in [-0.25, -0.2) is 9.37 Å². The Hall–Kier alpha value is -2.22. The van der Waals surface area contributed by atoms with Gasteiger partial charge in [-0.05, 0) is 38.2 Å². The zero-order chi connectivity index (χ0) is 27.6. The first-order chi connectivity index (χ1) is 18.0. The third kappa shape index (κ3) is 6.00. The number of rotatable bonds is 11. The van der Waals surface area contributed by atoms with Crippen LogP contribution in [-0.4, -0.2) is 79.1 Å². The Morgan fingerprint density at radius 1 is 1.39 bits per heavy atom. The standard InChI is InChI=1S/C22H33ClFN7O6P/c1-11(2)36-20(33)12(3)30-38(34)35-9-22(8-23)16(32)14(24)19(37-22)31-10-26-15-17(27-13-6-4-5-7-13)28-21(25)29-18(15)31/h10-14,16,19,32H,4-9H2,1-3H3,(H,30,34)(H3,25,27,28,29)/q+1/t12-,14-,16-,19+,22+/m0/s1. The van der Waals surface area contributed by atoms with E-state index in [0.717, 1.165) is 25.7 Å². The number of anilines is 2. The van der Waals surface area contributed by atoms with Crippen molar-refractivity contribution in [3.63, 3.8) is 0 Å². The van der Waals surface area contributed by atoms with E-state index in [4.69, 9.17) is 31.3 Å².